The largest absolute Gasteiger partial charge is 0.481 e. The highest BCUT2D eigenvalue weighted by Crippen LogP contribution is 2.08. The number of carboxylic acids is 2. The summed E-state index contributed by atoms with van der Waals surface area (Å²) in [5.74, 6) is -0.602. The Bertz CT molecular complexity index is 158. The van der Waals surface area contributed by atoms with Crippen LogP contribution in [0.15, 0.2) is 0 Å². The minimum atomic E-state index is -0.745. The number of aliphatic carboxylic acids is 2. The van der Waals surface area contributed by atoms with Crippen molar-refractivity contribution >= 4 is 23.7 Å². The second-order valence-corrected chi connectivity index (χ2v) is 3.80. The highest BCUT2D eigenvalue weighted by molar-refractivity contribution is 8.00. The van der Waals surface area contributed by atoms with E-state index in [1.54, 1.807) is 13.8 Å². The van der Waals surface area contributed by atoms with Gasteiger partial charge < -0.3 is 10.2 Å². The van der Waals surface area contributed by atoms with E-state index in [1.165, 1.54) is 11.8 Å². The molecule has 0 fully saturated rings. The Morgan fingerprint density at radius 1 is 1.31 bits per heavy atom. The van der Waals surface area contributed by atoms with Crippen molar-refractivity contribution in [2.45, 2.75) is 32.4 Å². The first kappa shape index (κ1) is 14.8. The van der Waals surface area contributed by atoms with Crippen LogP contribution in [0.2, 0.25) is 0 Å². The maximum Gasteiger partial charge on any atom is 0.316 e. The molecule has 0 rings (SSSR count). The molecule has 0 spiro atoms. The molecule has 78 valence electrons. The van der Waals surface area contributed by atoms with Gasteiger partial charge in [-0.15, -0.1) is 11.8 Å². The zero-order valence-corrected chi connectivity index (χ0v) is 8.93. The molecule has 1 unspecified atom stereocenters. The summed E-state index contributed by atoms with van der Waals surface area (Å²) in [4.78, 5) is 19.4. The lowest BCUT2D eigenvalue weighted by Crippen LogP contribution is -2.11. The lowest BCUT2D eigenvalue weighted by Gasteiger charge is -2.00. The Morgan fingerprint density at radius 2 is 1.69 bits per heavy atom. The quantitative estimate of drug-likeness (QED) is 0.735. The molecule has 0 aromatic heterocycles. The highest BCUT2D eigenvalue weighted by atomic mass is 32.2. The minimum Gasteiger partial charge on any atom is -0.481 e. The van der Waals surface area contributed by atoms with Crippen LogP contribution in [0.5, 0.6) is 0 Å². The number of thioether (sulfide) groups is 1. The smallest absolute Gasteiger partial charge is 0.316 e. The third kappa shape index (κ3) is 14.2. The van der Waals surface area contributed by atoms with E-state index in [0.717, 1.165) is 5.75 Å². The van der Waals surface area contributed by atoms with E-state index >= 15 is 0 Å². The summed E-state index contributed by atoms with van der Waals surface area (Å²) < 4.78 is 0. The molecule has 0 amide bonds. The molecule has 0 aliphatic rings. The fourth-order valence-electron chi connectivity index (χ4n) is 0.321. The van der Waals surface area contributed by atoms with Crippen LogP contribution in [0.3, 0.4) is 0 Å². The maximum absolute atomic E-state index is 10.1. The third-order valence-electron chi connectivity index (χ3n) is 1.07. The molecule has 4 nitrogen and oxygen atoms in total. The van der Waals surface area contributed by atoms with E-state index in [-0.39, 0.29) is 11.7 Å². The highest BCUT2D eigenvalue weighted by Gasteiger charge is 2.07. The molecular formula is C8H16O4S. The summed E-state index contributed by atoms with van der Waals surface area (Å²) in [5, 5.41) is 15.8. The SMILES string of the molecule is CCC(=O)O.CCSC(C)C(=O)O. The second-order valence-electron chi connectivity index (χ2n) is 2.18. The Labute approximate surface area is 82.3 Å². The summed E-state index contributed by atoms with van der Waals surface area (Å²) in [7, 11) is 0. The molecule has 0 bridgehead atoms. The Balaban J connectivity index is 0. The van der Waals surface area contributed by atoms with Crippen molar-refractivity contribution < 1.29 is 19.8 Å². The zero-order chi connectivity index (χ0) is 10.9. The van der Waals surface area contributed by atoms with Crippen LogP contribution in [0.25, 0.3) is 0 Å². The van der Waals surface area contributed by atoms with Crippen molar-refractivity contribution in [3.05, 3.63) is 0 Å². The molecule has 5 heteroatoms. The van der Waals surface area contributed by atoms with Crippen LogP contribution >= 0.6 is 11.8 Å². The van der Waals surface area contributed by atoms with Gasteiger partial charge >= 0.3 is 11.9 Å². The topological polar surface area (TPSA) is 74.6 Å². The number of hydrogen-bond donors (Lipinski definition) is 2. The van der Waals surface area contributed by atoms with Gasteiger partial charge in [-0.1, -0.05) is 13.8 Å². The molecule has 0 aromatic rings. The lowest BCUT2D eigenvalue weighted by atomic mass is 10.5. The maximum atomic E-state index is 10.1. The molecule has 13 heavy (non-hydrogen) atoms. The van der Waals surface area contributed by atoms with E-state index in [4.69, 9.17) is 10.2 Å². The van der Waals surface area contributed by atoms with Crippen molar-refractivity contribution in [2.75, 3.05) is 5.75 Å². The van der Waals surface area contributed by atoms with Crippen LogP contribution in [-0.2, 0) is 9.59 Å². The average Bonchev–Trinajstić information content (AvgIpc) is 2.06. The van der Waals surface area contributed by atoms with Crippen molar-refractivity contribution in [1.82, 2.24) is 0 Å². The first-order chi connectivity index (χ1) is 5.95. The molecule has 0 aliphatic carbocycles. The second kappa shape index (κ2) is 9.38. The van der Waals surface area contributed by atoms with Crippen LogP contribution in [-0.4, -0.2) is 33.2 Å². The summed E-state index contributed by atoms with van der Waals surface area (Å²) in [5.41, 5.74) is 0. The molecule has 0 heterocycles. The Morgan fingerprint density at radius 3 is 1.77 bits per heavy atom. The van der Waals surface area contributed by atoms with E-state index in [2.05, 4.69) is 0 Å². The molecule has 1 atom stereocenters. The number of rotatable bonds is 4. The van der Waals surface area contributed by atoms with Gasteiger partial charge in [-0.25, -0.2) is 0 Å². The predicted octanol–water partition coefficient (Wildman–Crippen LogP) is 1.69. The Kier molecular flexibility index (Phi) is 10.7. The van der Waals surface area contributed by atoms with Crippen LogP contribution in [0.4, 0.5) is 0 Å². The normalized spacial score (nSPS) is 11.0. The molecule has 2 N–H and O–H groups in total. The van der Waals surface area contributed by atoms with Gasteiger partial charge in [0.15, 0.2) is 0 Å². The van der Waals surface area contributed by atoms with Gasteiger partial charge in [0.25, 0.3) is 0 Å². The lowest BCUT2D eigenvalue weighted by molar-refractivity contribution is -0.137. The van der Waals surface area contributed by atoms with E-state index < -0.39 is 11.9 Å². The average molecular weight is 208 g/mol. The van der Waals surface area contributed by atoms with Crippen molar-refractivity contribution in [3.63, 3.8) is 0 Å². The third-order valence-corrected chi connectivity index (χ3v) is 2.10. The number of hydrogen-bond acceptors (Lipinski definition) is 3. The fourth-order valence-corrected chi connectivity index (χ4v) is 0.964. The fraction of sp³-hybridized carbons (Fsp3) is 0.750. The molecule has 0 aliphatic heterocycles. The molecule has 0 aromatic carbocycles. The summed E-state index contributed by atoms with van der Waals surface area (Å²) in [6.07, 6.45) is 0.222. The van der Waals surface area contributed by atoms with Crippen LogP contribution < -0.4 is 0 Å². The summed E-state index contributed by atoms with van der Waals surface area (Å²) in [6, 6.07) is 0. The molecular weight excluding hydrogens is 192 g/mol. The first-order valence-electron chi connectivity index (χ1n) is 4.01. The summed E-state index contributed by atoms with van der Waals surface area (Å²) in [6.45, 7) is 5.24. The predicted molar refractivity (Wildman–Crippen MR) is 53.2 cm³/mol. The molecule has 0 radical (unpaired) electrons. The van der Waals surface area contributed by atoms with Gasteiger partial charge in [-0.3, -0.25) is 9.59 Å². The van der Waals surface area contributed by atoms with Gasteiger partial charge in [-0.2, -0.15) is 0 Å². The van der Waals surface area contributed by atoms with Gasteiger partial charge in [0.1, 0.15) is 0 Å². The summed E-state index contributed by atoms with van der Waals surface area (Å²) >= 11 is 1.44. The zero-order valence-electron chi connectivity index (χ0n) is 8.11. The van der Waals surface area contributed by atoms with Gasteiger partial charge in [0.05, 0.1) is 5.25 Å². The van der Waals surface area contributed by atoms with Crippen molar-refractivity contribution in [3.8, 4) is 0 Å². The monoisotopic (exact) mass is 208 g/mol. The van der Waals surface area contributed by atoms with E-state index in [9.17, 15) is 9.59 Å². The van der Waals surface area contributed by atoms with Crippen molar-refractivity contribution in [1.29, 1.82) is 0 Å². The van der Waals surface area contributed by atoms with Crippen LogP contribution in [0.1, 0.15) is 27.2 Å². The molecule has 0 saturated heterocycles. The van der Waals surface area contributed by atoms with E-state index in [0.29, 0.717) is 0 Å². The van der Waals surface area contributed by atoms with Gasteiger partial charge in [0, 0.05) is 6.42 Å². The standard InChI is InChI=1S/C5H10O2S.C3H6O2/c1-3-8-4(2)5(6)7;1-2-3(4)5/h4H,3H2,1-2H3,(H,6,7);2H2,1H3,(H,4,5). The van der Waals surface area contributed by atoms with Gasteiger partial charge in [-0.05, 0) is 12.7 Å². The van der Waals surface area contributed by atoms with Crippen molar-refractivity contribution in [2.24, 2.45) is 0 Å². The molecule has 0 saturated carbocycles. The van der Waals surface area contributed by atoms with Gasteiger partial charge in [0.2, 0.25) is 0 Å². The number of carboxylic acid groups (broad SMARTS) is 2. The first-order valence-corrected chi connectivity index (χ1v) is 5.06. The van der Waals surface area contributed by atoms with E-state index in [1.807, 2.05) is 6.92 Å². The Hall–Kier alpha value is -0.710. The van der Waals surface area contributed by atoms with Crippen LogP contribution in [0, 0.1) is 0 Å². The number of carbonyl (C=O) groups is 2. The minimum absolute atomic E-state index is 0.222.